The van der Waals surface area contributed by atoms with E-state index in [2.05, 4.69) is 10.6 Å². The number of carbonyl (C=O) groups excluding carboxylic acids is 2. The van der Waals surface area contributed by atoms with E-state index in [1.54, 1.807) is 0 Å². The van der Waals surface area contributed by atoms with Crippen LogP contribution >= 0.6 is 0 Å². The van der Waals surface area contributed by atoms with Crippen LogP contribution in [-0.2, 0) is 22.1 Å². The van der Waals surface area contributed by atoms with Gasteiger partial charge in [-0.1, -0.05) is 12.1 Å². The van der Waals surface area contributed by atoms with Crippen LogP contribution in [0.3, 0.4) is 0 Å². The van der Waals surface area contributed by atoms with Crippen LogP contribution in [0.1, 0.15) is 88.9 Å². The second kappa shape index (κ2) is 20.2. The van der Waals surface area contributed by atoms with Crippen molar-refractivity contribution in [3.05, 3.63) is 58.7 Å². The molecule has 13 nitrogen and oxygen atoms in total. The van der Waals surface area contributed by atoms with Gasteiger partial charge in [-0.05, 0) is 95.4 Å². The largest absolute Gasteiger partial charge is 0.500 e. The average Bonchev–Trinajstić information content (AvgIpc) is 3.05. The number of rotatable bonds is 23. The molecule has 0 radical (unpaired) electrons. The molecule has 0 aliphatic rings. The van der Waals surface area contributed by atoms with Crippen LogP contribution < -0.4 is 10.6 Å². The molecule has 2 aromatic rings. The maximum absolute atomic E-state index is 13.3. The Balaban J connectivity index is 2.26. The highest BCUT2D eigenvalue weighted by atomic mass is 28.4. The summed E-state index contributed by atoms with van der Waals surface area (Å²) in [6.07, 6.45) is 1.06. The first kappa shape index (κ1) is 40.7. The van der Waals surface area contributed by atoms with E-state index in [9.17, 15) is 29.4 Å². The third-order valence-corrected chi connectivity index (χ3v) is 13.6. The van der Waals surface area contributed by atoms with E-state index in [1.807, 2.05) is 41.2 Å². The lowest BCUT2D eigenvalue weighted by Crippen LogP contribution is -2.46. The van der Waals surface area contributed by atoms with Gasteiger partial charge in [0, 0.05) is 52.2 Å². The van der Waals surface area contributed by atoms with Crippen molar-refractivity contribution in [3.8, 4) is 11.1 Å². The highest BCUT2D eigenvalue weighted by molar-refractivity contribution is 6.66. The highest BCUT2D eigenvalue weighted by Crippen LogP contribution is 2.26. The Morgan fingerprint density at radius 1 is 0.583 bits per heavy atom. The van der Waals surface area contributed by atoms with E-state index in [0.29, 0.717) is 69.1 Å². The number of carbonyl (C=O) groups is 4. The predicted octanol–water partition coefficient (Wildman–Crippen LogP) is 5.18. The molecule has 0 saturated carbocycles. The molecule has 0 unspecified atom stereocenters. The lowest BCUT2D eigenvalue weighted by molar-refractivity contribution is 0.0682. The van der Waals surface area contributed by atoms with Crippen LogP contribution in [-0.4, -0.2) is 97.5 Å². The molecule has 0 aromatic heterocycles. The van der Waals surface area contributed by atoms with Crippen LogP contribution in [0.15, 0.2) is 36.4 Å². The fourth-order valence-electron chi connectivity index (χ4n) is 5.30. The maximum Gasteiger partial charge on any atom is 0.500 e. The van der Waals surface area contributed by atoms with Crippen molar-refractivity contribution in [2.45, 2.75) is 66.1 Å². The zero-order valence-electron chi connectivity index (χ0n) is 28.8. The van der Waals surface area contributed by atoms with Gasteiger partial charge >= 0.3 is 29.3 Å². The molecule has 0 aliphatic carbocycles. The van der Waals surface area contributed by atoms with Crippen LogP contribution in [0.5, 0.6) is 0 Å². The molecule has 0 spiro atoms. The van der Waals surface area contributed by atoms with Gasteiger partial charge in [0.25, 0.3) is 11.8 Å². The Labute approximate surface area is 284 Å². The molecule has 48 heavy (non-hydrogen) atoms. The standard InChI is InChI=1S/C33H50N2O11Si2/c1-7-42-47(6,43-8-2)20-12-18-34-30(36)28-22-24(14-16-26(28)32(38)39)25-15-17-27(33(40)41)29(23-25)31(37)35-19-13-21-48(44-9-3,45-10-4)46-11-5/h14-17,22-23H,7-13,18-21H2,1-6H3,(H,34,36)(H,35,37)(H,38,39)(H,40,41). The molecule has 0 atom stereocenters. The van der Waals surface area contributed by atoms with E-state index in [-0.39, 0.29) is 35.3 Å². The van der Waals surface area contributed by atoms with Crippen LogP contribution in [0, 0.1) is 0 Å². The summed E-state index contributed by atoms with van der Waals surface area (Å²) in [6.45, 7) is 14.2. The Kier molecular flexibility index (Phi) is 17.1. The third kappa shape index (κ3) is 11.9. The molecule has 2 rings (SSSR count). The van der Waals surface area contributed by atoms with E-state index < -0.39 is 41.1 Å². The van der Waals surface area contributed by atoms with Crippen molar-refractivity contribution in [2.24, 2.45) is 0 Å². The average molecular weight is 707 g/mol. The zero-order chi connectivity index (χ0) is 35.7. The Hall–Kier alpha value is -3.45. The van der Waals surface area contributed by atoms with Crippen LogP contribution in [0.4, 0.5) is 0 Å². The number of amides is 2. The number of hydrogen-bond donors (Lipinski definition) is 4. The molecule has 15 heteroatoms. The Morgan fingerprint density at radius 2 is 0.958 bits per heavy atom. The normalized spacial score (nSPS) is 11.7. The summed E-state index contributed by atoms with van der Waals surface area (Å²) in [5.74, 6) is -3.72. The minimum absolute atomic E-state index is 0.0616. The van der Waals surface area contributed by atoms with Gasteiger partial charge in [0.15, 0.2) is 0 Å². The van der Waals surface area contributed by atoms with E-state index in [4.69, 9.17) is 22.1 Å². The number of carboxylic acid groups (broad SMARTS) is 2. The second-order valence-electron chi connectivity index (χ2n) is 10.8. The number of benzene rings is 2. The predicted molar refractivity (Wildman–Crippen MR) is 185 cm³/mol. The minimum atomic E-state index is -2.91. The molecule has 266 valence electrons. The van der Waals surface area contributed by atoms with E-state index in [1.165, 1.54) is 36.4 Å². The molecule has 2 aromatic carbocycles. The molecule has 0 aliphatic heterocycles. The van der Waals surface area contributed by atoms with Crippen LogP contribution in [0.25, 0.3) is 11.1 Å². The monoisotopic (exact) mass is 706 g/mol. The Bertz CT molecular complexity index is 1370. The fourth-order valence-corrected chi connectivity index (χ4v) is 10.3. The lowest BCUT2D eigenvalue weighted by Gasteiger charge is -2.28. The van der Waals surface area contributed by atoms with Gasteiger partial charge < -0.3 is 43.0 Å². The first-order chi connectivity index (χ1) is 22.9. The highest BCUT2D eigenvalue weighted by Gasteiger charge is 2.39. The molecule has 4 N–H and O–H groups in total. The molecular weight excluding hydrogens is 657 g/mol. The summed E-state index contributed by atoms with van der Waals surface area (Å²) in [6, 6.07) is 9.61. The van der Waals surface area contributed by atoms with Crippen molar-refractivity contribution >= 4 is 41.1 Å². The van der Waals surface area contributed by atoms with Gasteiger partial charge in [0.1, 0.15) is 0 Å². The molecule has 2 amide bonds. The number of carboxylic acids is 2. The lowest BCUT2D eigenvalue weighted by atomic mass is 9.95. The van der Waals surface area contributed by atoms with Gasteiger partial charge in [0.05, 0.1) is 22.3 Å². The molecule has 0 saturated heterocycles. The summed E-state index contributed by atoms with van der Waals surface area (Å²) in [4.78, 5) is 50.5. The third-order valence-electron chi connectivity index (χ3n) is 7.35. The van der Waals surface area contributed by atoms with Crippen molar-refractivity contribution in [1.29, 1.82) is 0 Å². The van der Waals surface area contributed by atoms with Gasteiger partial charge in [-0.3, -0.25) is 9.59 Å². The van der Waals surface area contributed by atoms with Gasteiger partial charge in [-0.2, -0.15) is 0 Å². The van der Waals surface area contributed by atoms with Crippen LogP contribution in [0.2, 0.25) is 18.6 Å². The molecular formula is C33H50N2O11Si2. The molecule has 0 bridgehead atoms. The van der Waals surface area contributed by atoms with Gasteiger partial charge in [0.2, 0.25) is 0 Å². The zero-order valence-corrected chi connectivity index (χ0v) is 30.8. The Morgan fingerprint density at radius 3 is 1.31 bits per heavy atom. The fraction of sp³-hybridized carbons (Fsp3) is 0.515. The van der Waals surface area contributed by atoms with E-state index in [0.717, 1.165) is 0 Å². The summed E-state index contributed by atoms with van der Waals surface area (Å²) >= 11 is 0. The SMILES string of the molecule is CCO[Si](C)(CCCNC(=O)c1cc(-c2ccc(C(=O)O)c(C(=O)NCCC[Si](OCC)(OCC)OCC)c2)ccc1C(=O)O)OCC. The van der Waals surface area contributed by atoms with Crippen molar-refractivity contribution in [3.63, 3.8) is 0 Å². The number of hydrogen-bond acceptors (Lipinski definition) is 9. The minimum Gasteiger partial charge on any atom is -0.478 e. The van der Waals surface area contributed by atoms with Crippen molar-refractivity contribution in [1.82, 2.24) is 10.6 Å². The number of aromatic carboxylic acids is 2. The smallest absolute Gasteiger partial charge is 0.478 e. The maximum atomic E-state index is 13.3. The summed E-state index contributed by atoms with van der Waals surface area (Å²) in [5.41, 5.74) is 0.338. The second-order valence-corrected chi connectivity index (χ2v) is 16.9. The summed E-state index contributed by atoms with van der Waals surface area (Å²) in [5, 5.41) is 25.2. The molecule has 0 fully saturated rings. The van der Waals surface area contributed by atoms with Gasteiger partial charge in [-0.25, -0.2) is 9.59 Å². The summed E-state index contributed by atoms with van der Waals surface area (Å²) in [7, 11) is -5.29. The summed E-state index contributed by atoms with van der Waals surface area (Å²) < 4.78 is 29.2. The molecule has 0 heterocycles. The van der Waals surface area contributed by atoms with Crippen molar-refractivity contribution in [2.75, 3.05) is 46.1 Å². The topological polar surface area (TPSA) is 179 Å². The first-order valence-corrected chi connectivity index (χ1v) is 20.9. The van der Waals surface area contributed by atoms with E-state index >= 15 is 0 Å². The number of nitrogens with one attached hydrogen (secondary N) is 2. The van der Waals surface area contributed by atoms with Gasteiger partial charge in [-0.15, -0.1) is 0 Å². The first-order valence-electron chi connectivity index (χ1n) is 16.4. The van der Waals surface area contributed by atoms with Crippen molar-refractivity contribution < 1.29 is 51.5 Å². The quantitative estimate of drug-likeness (QED) is 0.0884.